The van der Waals surface area contributed by atoms with Gasteiger partial charge in [0.15, 0.2) is 4.47 Å². The van der Waals surface area contributed by atoms with E-state index in [9.17, 15) is 0 Å². The number of hydrogen-bond acceptors (Lipinski definition) is 2. The minimum Gasteiger partial charge on any atom is -0.233 e. The summed E-state index contributed by atoms with van der Waals surface area (Å²) in [6.45, 7) is 3.94. The zero-order valence-electron chi connectivity index (χ0n) is 6.39. The number of nitrogens with zero attached hydrogens (tertiary/aromatic N) is 1. The molecule has 1 aromatic heterocycles. The minimum atomic E-state index is -0.245. The SMILES string of the molecule is C#CC(C)(C)c1cnc(Cl)s1. The molecule has 0 saturated carbocycles. The van der Waals surface area contributed by atoms with Crippen molar-refractivity contribution in [2.45, 2.75) is 19.3 Å². The molecule has 0 aliphatic rings. The van der Waals surface area contributed by atoms with E-state index in [1.165, 1.54) is 11.3 Å². The van der Waals surface area contributed by atoms with Crippen LogP contribution in [0.5, 0.6) is 0 Å². The van der Waals surface area contributed by atoms with Crippen molar-refractivity contribution in [3.63, 3.8) is 0 Å². The van der Waals surface area contributed by atoms with Crippen LogP contribution < -0.4 is 0 Å². The molecular weight excluding hydrogens is 178 g/mol. The number of halogens is 1. The van der Waals surface area contributed by atoms with E-state index in [2.05, 4.69) is 10.9 Å². The number of thiazole rings is 1. The highest BCUT2D eigenvalue weighted by Crippen LogP contribution is 2.29. The van der Waals surface area contributed by atoms with Crippen molar-refractivity contribution in [1.82, 2.24) is 4.98 Å². The van der Waals surface area contributed by atoms with Gasteiger partial charge >= 0.3 is 0 Å². The van der Waals surface area contributed by atoms with Gasteiger partial charge in [-0.05, 0) is 13.8 Å². The fourth-order valence-electron chi connectivity index (χ4n) is 0.613. The van der Waals surface area contributed by atoms with Crippen LogP contribution >= 0.6 is 22.9 Å². The second kappa shape index (κ2) is 2.84. The lowest BCUT2D eigenvalue weighted by molar-refractivity contribution is 0.714. The van der Waals surface area contributed by atoms with Gasteiger partial charge in [0.25, 0.3) is 0 Å². The molecule has 0 unspecified atom stereocenters. The van der Waals surface area contributed by atoms with Gasteiger partial charge in [-0.2, -0.15) is 0 Å². The zero-order valence-corrected chi connectivity index (χ0v) is 7.96. The maximum absolute atomic E-state index is 5.66. The summed E-state index contributed by atoms with van der Waals surface area (Å²) in [6.07, 6.45) is 7.06. The highest BCUT2D eigenvalue weighted by atomic mass is 35.5. The minimum absolute atomic E-state index is 0.245. The van der Waals surface area contributed by atoms with Gasteiger partial charge in [0.2, 0.25) is 0 Å². The molecule has 58 valence electrons. The average molecular weight is 186 g/mol. The van der Waals surface area contributed by atoms with Crippen molar-refractivity contribution in [2.24, 2.45) is 0 Å². The Balaban J connectivity index is 3.04. The largest absolute Gasteiger partial charge is 0.233 e. The van der Waals surface area contributed by atoms with Crippen LogP contribution in [0.2, 0.25) is 4.47 Å². The molecule has 0 spiro atoms. The van der Waals surface area contributed by atoms with Crippen LogP contribution in [0.25, 0.3) is 0 Å². The lowest BCUT2D eigenvalue weighted by atomic mass is 9.94. The van der Waals surface area contributed by atoms with Crippen LogP contribution in [0.3, 0.4) is 0 Å². The Kier molecular flexibility index (Phi) is 2.22. The Labute approximate surface area is 75.4 Å². The summed E-state index contributed by atoms with van der Waals surface area (Å²) in [6, 6.07) is 0. The van der Waals surface area contributed by atoms with Gasteiger partial charge in [-0.25, -0.2) is 4.98 Å². The van der Waals surface area contributed by atoms with E-state index in [0.717, 1.165) is 4.88 Å². The molecule has 0 amide bonds. The molecule has 0 aliphatic heterocycles. The molecular formula is C8H8ClNS. The molecule has 11 heavy (non-hydrogen) atoms. The van der Waals surface area contributed by atoms with E-state index < -0.39 is 0 Å². The summed E-state index contributed by atoms with van der Waals surface area (Å²) in [4.78, 5) is 4.95. The van der Waals surface area contributed by atoms with Crippen molar-refractivity contribution < 1.29 is 0 Å². The van der Waals surface area contributed by atoms with Gasteiger partial charge < -0.3 is 0 Å². The molecule has 0 atom stereocenters. The number of hydrogen-bond donors (Lipinski definition) is 0. The van der Waals surface area contributed by atoms with Crippen molar-refractivity contribution in [1.29, 1.82) is 0 Å². The highest BCUT2D eigenvalue weighted by molar-refractivity contribution is 7.15. The Morgan fingerprint density at radius 1 is 1.73 bits per heavy atom. The van der Waals surface area contributed by atoms with Crippen LogP contribution in [0.4, 0.5) is 0 Å². The topological polar surface area (TPSA) is 12.9 Å². The fraction of sp³-hybridized carbons (Fsp3) is 0.375. The van der Waals surface area contributed by atoms with Gasteiger partial charge in [-0.15, -0.1) is 17.8 Å². The smallest absolute Gasteiger partial charge is 0.183 e. The first-order valence-electron chi connectivity index (χ1n) is 3.16. The highest BCUT2D eigenvalue weighted by Gasteiger charge is 2.19. The quantitative estimate of drug-likeness (QED) is 0.614. The summed E-state index contributed by atoms with van der Waals surface area (Å²) in [7, 11) is 0. The summed E-state index contributed by atoms with van der Waals surface area (Å²) >= 11 is 7.09. The molecule has 1 rings (SSSR count). The van der Waals surface area contributed by atoms with Gasteiger partial charge in [0.05, 0.1) is 5.41 Å². The molecule has 0 radical (unpaired) electrons. The molecule has 0 bridgehead atoms. The Morgan fingerprint density at radius 3 is 2.73 bits per heavy atom. The molecule has 0 aromatic carbocycles. The standard InChI is InChI=1S/C8H8ClNS/c1-4-8(2,3)6-5-10-7(9)11-6/h1,5H,2-3H3. The van der Waals surface area contributed by atoms with Crippen LogP contribution in [-0.4, -0.2) is 4.98 Å². The van der Waals surface area contributed by atoms with Crippen LogP contribution in [0.15, 0.2) is 6.20 Å². The Hall–Kier alpha value is -0.520. The van der Waals surface area contributed by atoms with E-state index >= 15 is 0 Å². The van der Waals surface area contributed by atoms with Crippen molar-refractivity contribution in [3.05, 3.63) is 15.5 Å². The fourth-order valence-corrected chi connectivity index (χ4v) is 1.62. The number of aromatic nitrogens is 1. The number of terminal acetylenes is 1. The summed E-state index contributed by atoms with van der Waals surface area (Å²) in [5.74, 6) is 2.68. The molecule has 1 heterocycles. The van der Waals surface area contributed by atoms with Gasteiger partial charge in [0, 0.05) is 11.1 Å². The van der Waals surface area contributed by atoms with Crippen LogP contribution in [-0.2, 0) is 5.41 Å². The molecule has 1 aromatic rings. The third kappa shape index (κ3) is 1.74. The van der Waals surface area contributed by atoms with Crippen molar-refractivity contribution in [2.75, 3.05) is 0 Å². The van der Waals surface area contributed by atoms with Crippen LogP contribution in [0.1, 0.15) is 18.7 Å². The van der Waals surface area contributed by atoms with E-state index in [4.69, 9.17) is 18.0 Å². The monoisotopic (exact) mass is 185 g/mol. The third-order valence-corrected chi connectivity index (χ3v) is 2.89. The molecule has 0 saturated heterocycles. The van der Waals surface area contributed by atoms with E-state index in [-0.39, 0.29) is 5.41 Å². The average Bonchev–Trinajstić information content (AvgIpc) is 2.36. The van der Waals surface area contributed by atoms with E-state index in [1.54, 1.807) is 6.20 Å². The van der Waals surface area contributed by atoms with E-state index in [1.807, 2.05) is 13.8 Å². The van der Waals surface area contributed by atoms with Gasteiger partial charge in [0.1, 0.15) is 0 Å². The number of rotatable bonds is 1. The molecule has 0 fully saturated rings. The maximum atomic E-state index is 5.66. The second-order valence-electron chi connectivity index (χ2n) is 2.75. The lowest BCUT2D eigenvalue weighted by Gasteiger charge is -2.13. The molecule has 0 N–H and O–H groups in total. The normalized spacial score (nSPS) is 11.1. The second-order valence-corrected chi connectivity index (χ2v) is 4.36. The summed E-state index contributed by atoms with van der Waals surface area (Å²) in [5, 5.41) is 0. The molecule has 0 aliphatic carbocycles. The zero-order chi connectivity index (χ0) is 8.48. The van der Waals surface area contributed by atoms with Crippen LogP contribution in [0, 0.1) is 12.3 Å². The summed E-state index contributed by atoms with van der Waals surface area (Å²) < 4.78 is 0.545. The lowest BCUT2D eigenvalue weighted by Crippen LogP contribution is -2.11. The van der Waals surface area contributed by atoms with Gasteiger partial charge in [-0.1, -0.05) is 17.5 Å². The Morgan fingerprint density at radius 2 is 2.36 bits per heavy atom. The molecule has 1 nitrogen and oxygen atoms in total. The van der Waals surface area contributed by atoms with Crippen molar-refractivity contribution in [3.8, 4) is 12.3 Å². The summed E-state index contributed by atoms with van der Waals surface area (Å²) in [5.41, 5.74) is -0.245. The molecule has 3 heteroatoms. The van der Waals surface area contributed by atoms with E-state index in [0.29, 0.717) is 4.47 Å². The first-order chi connectivity index (χ1) is 5.06. The third-order valence-electron chi connectivity index (χ3n) is 1.45. The van der Waals surface area contributed by atoms with Crippen molar-refractivity contribution >= 4 is 22.9 Å². The predicted molar refractivity (Wildman–Crippen MR) is 49.0 cm³/mol. The first-order valence-corrected chi connectivity index (χ1v) is 4.35. The van der Waals surface area contributed by atoms with Gasteiger partial charge in [-0.3, -0.25) is 0 Å². The maximum Gasteiger partial charge on any atom is 0.183 e. The Bertz CT molecular complexity index is 295. The predicted octanol–water partition coefficient (Wildman–Crippen LogP) is 2.71. The first kappa shape index (κ1) is 8.58.